The zero-order chi connectivity index (χ0) is 20.7. The number of rotatable bonds is 5. The standard InChI is InChI=1S/C22H25FN6O/c1-14-11-29(13-24-14)20-10-21(30)17(9-18(20)23)19-5-6-22(27-26-19)28-8-7-16(12-28)25-15-3-2-4-15/h5-6,9-11,13,15-16,25,30H,2-4,7-8,12H2,1H3/t16-/m1/s1. The molecule has 0 spiro atoms. The molecule has 2 aliphatic rings. The van der Waals surface area contributed by atoms with Crippen molar-refractivity contribution in [1.29, 1.82) is 0 Å². The molecule has 3 heterocycles. The average Bonchev–Trinajstić information content (AvgIpc) is 3.35. The van der Waals surface area contributed by atoms with Crippen LogP contribution in [-0.2, 0) is 0 Å². The molecule has 0 unspecified atom stereocenters. The molecule has 3 aromatic rings. The summed E-state index contributed by atoms with van der Waals surface area (Å²) in [6.45, 7) is 3.69. The van der Waals surface area contributed by atoms with E-state index in [2.05, 4.69) is 25.4 Å². The van der Waals surface area contributed by atoms with E-state index >= 15 is 0 Å². The summed E-state index contributed by atoms with van der Waals surface area (Å²) in [5, 5.41) is 22.8. The molecule has 1 saturated heterocycles. The molecule has 1 atom stereocenters. The lowest BCUT2D eigenvalue weighted by Crippen LogP contribution is -2.43. The Morgan fingerprint density at radius 3 is 2.67 bits per heavy atom. The molecule has 0 amide bonds. The number of aromatic hydroxyl groups is 1. The van der Waals surface area contributed by atoms with Gasteiger partial charge >= 0.3 is 0 Å². The van der Waals surface area contributed by atoms with Gasteiger partial charge in [-0.3, -0.25) is 0 Å². The SMILES string of the molecule is Cc1cn(-c2cc(O)c(-c3ccc(N4CC[C@@H](NC5CCC5)C4)nn3)cc2F)cn1. The van der Waals surface area contributed by atoms with E-state index in [1.807, 2.05) is 13.0 Å². The van der Waals surface area contributed by atoms with Crippen LogP contribution in [0, 0.1) is 12.7 Å². The Morgan fingerprint density at radius 2 is 2.00 bits per heavy atom. The minimum Gasteiger partial charge on any atom is -0.507 e. The summed E-state index contributed by atoms with van der Waals surface area (Å²) >= 11 is 0. The minimum absolute atomic E-state index is 0.0502. The van der Waals surface area contributed by atoms with Crippen molar-refractivity contribution >= 4 is 5.82 Å². The number of hydrogen-bond acceptors (Lipinski definition) is 6. The number of phenolic OH excluding ortho intramolecular Hbond substituents is 1. The lowest BCUT2D eigenvalue weighted by atomic mass is 9.92. The molecular weight excluding hydrogens is 383 g/mol. The van der Waals surface area contributed by atoms with Crippen molar-refractivity contribution in [1.82, 2.24) is 25.1 Å². The number of nitrogens with one attached hydrogen (secondary N) is 1. The lowest BCUT2D eigenvalue weighted by molar-refractivity contribution is 0.311. The number of nitrogens with zero attached hydrogens (tertiary/aromatic N) is 5. The highest BCUT2D eigenvalue weighted by Crippen LogP contribution is 2.32. The lowest BCUT2D eigenvalue weighted by Gasteiger charge is -2.29. The van der Waals surface area contributed by atoms with Crippen LogP contribution in [-0.4, -0.2) is 50.0 Å². The first-order valence-electron chi connectivity index (χ1n) is 10.5. The fourth-order valence-electron chi connectivity index (χ4n) is 4.16. The van der Waals surface area contributed by atoms with Gasteiger partial charge in [0, 0.05) is 43.0 Å². The molecule has 1 aromatic carbocycles. The molecule has 1 saturated carbocycles. The Kier molecular flexibility index (Phi) is 4.86. The molecule has 2 N–H and O–H groups in total. The Bertz CT molecular complexity index is 1050. The topological polar surface area (TPSA) is 79.1 Å². The van der Waals surface area contributed by atoms with Crippen molar-refractivity contribution in [3.63, 3.8) is 0 Å². The maximum atomic E-state index is 14.7. The van der Waals surface area contributed by atoms with Crippen LogP contribution in [0.5, 0.6) is 5.75 Å². The number of aromatic nitrogens is 4. The third-order valence-electron chi connectivity index (χ3n) is 6.07. The molecule has 5 rings (SSSR count). The monoisotopic (exact) mass is 408 g/mol. The fourth-order valence-corrected chi connectivity index (χ4v) is 4.16. The smallest absolute Gasteiger partial charge is 0.151 e. The number of anilines is 1. The molecule has 0 radical (unpaired) electrons. The first kappa shape index (κ1) is 19.0. The van der Waals surface area contributed by atoms with Crippen LogP contribution in [0.4, 0.5) is 10.2 Å². The van der Waals surface area contributed by atoms with E-state index in [1.165, 1.54) is 37.7 Å². The fraction of sp³-hybridized carbons (Fsp3) is 0.409. The van der Waals surface area contributed by atoms with Gasteiger partial charge in [-0.05, 0) is 44.4 Å². The quantitative estimate of drug-likeness (QED) is 0.675. The molecular formula is C22H25FN6O. The number of halogens is 1. The van der Waals surface area contributed by atoms with E-state index in [9.17, 15) is 9.50 Å². The molecule has 8 heteroatoms. The van der Waals surface area contributed by atoms with Crippen LogP contribution in [0.25, 0.3) is 16.9 Å². The van der Waals surface area contributed by atoms with E-state index in [4.69, 9.17) is 0 Å². The van der Waals surface area contributed by atoms with Crippen LogP contribution in [0.15, 0.2) is 36.8 Å². The van der Waals surface area contributed by atoms with Gasteiger partial charge in [-0.25, -0.2) is 9.37 Å². The summed E-state index contributed by atoms with van der Waals surface area (Å²) in [6, 6.07) is 7.52. The molecule has 2 aromatic heterocycles. The van der Waals surface area contributed by atoms with Crippen LogP contribution in [0.2, 0.25) is 0 Å². The van der Waals surface area contributed by atoms with Crippen molar-refractivity contribution in [3.8, 4) is 22.7 Å². The van der Waals surface area contributed by atoms with Gasteiger partial charge in [0.1, 0.15) is 11.6 Å². The molecule has 7 nitrogen and oxygen atoms in total. The van der Waals surface area contributed by atoms with Gasteiger partial charge in [0.2, 0.25) is 0 Å². The van der Waals surface area contributed by atoms with Crippen LogP contribution >= 0.6 is 0 Å². The van der Waals surface area contributed by atoms with Gasteiger partial charge in [-0.2, -0.15) is 0 Å². The Hall–Kier alpha value is -3.00. The predicted molar refractivity (Wildman–Crippen MR) is 112 cm³/mol. The first-order chi connectivity index (χ1) is 14.6. The second kappa shape index (κ2) is 7.68. The highest BCUT2D eigenvalue weighted by Gasteiger charge is 2.28. The Balaban J connectivity index is 1.32. The normalized spacial score (nSPS) is 19.3. The van der Waals surface area contributed by atoms with Crippen molar-refractivity contribution < 1.29 is 9.50 Å². The second-order valence-corrected chi connectivity index (χ2v) is 8.25. The Morgan fingerprint density at radius 1 is 1.13 bits per heavy atom. The van der Waals surface area contributed by atoms with E-state index in [0.29, 0.717) is 23.3 Å². The highest BCUT2D eigenvalue weighted by molar-refractivity contribution is 5.69. The molecule has 2 fully saturated rings. The van der Waals surface area contributed by atoms with Crippen LogP contribution in [0.3, 0.4) is 0 Å². The van der Waals surface area contributed by atoms with Crippen molar-refractivity contribution in [2.24, 2.45) is 0 Å². The maximum Gasteiger partial charge on any atom is 0.151 e. The summed E-state index contributed by atoms with van der Waals surface area (Å²) < 4.78 is 16.2. The Labute approximate surface area is 174 Å². The second-order valence-electron chi connectivity index (χ2n) is 8.25. The summed E-state index contributed by atoms with van der Waals surface area (Å²) in [7, 11) is 0. The number of benzene rings is 1. The van der Waals surface area contributed by atoms with E-state index in [-0.39, 0.29) is 11.4 Å². The number of imidazole rings is 1. The van der Waals surface area contributed by atoms with Gasteiger partial charge in [0.25, 0.3) is 0 Å². The van der Waals surface area contributed by atoms with E-state index in [1.54, 1.807) is 16.8 Å². The summed E-state index contributed by atoms with van der Waals surface area (Å²) in [5.41, 5.74) is 1.76. The molecule has 1 aliphatic heterocycles. The average molecular weight is 408 g/mol. The zero-order valence-electron chi connectivity index (χ0n) is 16.9. The highest BCUT2D eigenvalue weighted by atomic mass is 19.1. The molecule has 1 aliphatic carbocycles. The van der Waals surface area contributed by atoms with Gasteiger partial charge in [0.05, 0.1) is 23.4 Å². The van der Waals surface area contributed by atoms with Crippen molar-refractivity contribution in [2.75, 3.05) is 18.0 Å². The van der Waals surface area contributed by atoms with Crippen molar-refractivity contribution in [2.45, 2.75) is 44.7 Å². The molecule has 30 heavy (non-hydrogen) atoms. The first-order valence-corrected chi connectivity index (χ1v) is 10.5. The van der Waals surface area contributed by atoms with Crippen LogP contribution in [0.1, 0.15) is 31.4 Å². The molecule has 156 valence electrons. The summed E-state index contributed by atoms with van der Waals surface area (Å²) in [5.74, 6) is 0.295. The van der Waals surface area contributed by atoms with Gasteiger partial charge in [-0.15, -0.1) is 10.2 Å². The minimum atomic E-state index is -0.462. The third kappa shape index (κ3) is 3.63. The van der Waals surface area contributed by atoms with Gasteiger partial charge < -0.3 is 19.9 Å². The summed E-state index contributed by atoms with van der Waals surface area (Å²) in [6.07, 6.45) is 8.22. The largest absolute Gasteiger partial charge is 0.507 e. The van der Waals surface area contributed by atoms with Crippen LogP contribution < -0.4 is 10.2 Å². The molecule has 0 bridgehead atoms. The van der Waals surface area contributed by atoms with Gasteiger partial charge in [-0.1, -0.05) is 6.42 Å². The van der Waals surface area contributed by atoms with E-state index in [0.717, 1.165) is 31.0 Å². The van der Waals surface area contributed by atoms with E-state index < -0.39 is 5.82 Å². The predicted octanol–water partition coefficient (Wildman–Crippen LogP) is 3.20. The van der Waals surface area contributed by atoms with Crippen molar-refractivity contribution in [3.05, 3.63) is 48.3 Å². The maximum absolute atomic E-state index is 14.7. The zero-order valence-corrected chi connectivity index (χ0v) is 16.9. The number of aryl methyl sites for hydroxylation is 1. The number of hydrogen-bond donors (Lipinski definition) is 2. The number of phenols is 1. The third-order valence-corrected chi connectivity index (χ3v) is 6.07. The van der Waals surface area contributed by atoms with Gasteiger partial charge in [0.15, 0.2) is 5.82 Å². The summed E-state index contributed by atoms with van der Waals surface area (Å²) in [4.78, 5) is 6.32.